The summed E-state index contributed by atoms with van der Waals surface area (Å²) in [5.74, 6) is 0.0669. The van der Waals surface area contributed by atoms with Crippen LogP contribution < -0.4 is 0 Å². The number of aldehydes is 1. The minimum absolute atomic E-state index is 0.329. The van der Waals surface area contributed by atoms with Crippen molar-refractivity contribution in [3.05, 3.63) is 72.5 Å². The molecule has 1 aliphatic rings. The summed E-state index contributed by atoms with van der Waals surface area (Å²) in [6.07, 6.45) is 11.4. The maximum atomic E-state index is 14.2. The average molecular weight is 358 g/mol. The van der Waals surface area contributed by atoms with Gasteiger partial charge in [0.1, 0.15) is 12.1 Å². The fraction of sp³-hybridized carbons (Fsp3) is 0.143. The Bertz CT molecular complexity index is 1180. The lowest BCUT2D eigenvalue weighted by molar-refractivity contribution is 0.112. The molecule has 5 rings (SSSR count). The second-order valence-corrected chi connectivity index (χ2v) is 6.72. The summed E-state index contributed by atoms with van der Waals surface area (Å²) in [5.41, 5.74) is 4.59. The van der Waals surface area contributed by atoms with Gasteiger partial charge in [0.2, 0.25) is 0 Å². The molecule has 0 unspecified atom stereocenters. The predicted molar refractivity (Wildman–Crippen MR) is 99.4 cm³/mol. The molecule has 1 saturated carbocycles. The van der Waals surface area contributed by atoms with E-state index < -0.39 is 0 Å². The van der Waals surface area contributed by atoms with Crippen molar-refractivity contribution < 1.29 is 9.18 Å². The summed E-state index contributed by atoms with van der Waals surface area (Å²) in [6.45, 7) is 0. The lowest BCUT2D eigenvalue weighted by Crippen LogP contribution is -2.00. The van der Waals surface area contributed by atoms with E-state index in [9.17, 15) is 9.18 Å². The Balaban J connectivity index is 1.80. The van der Waals surface area contributed by atoms with Crippen LogP contribution in [0.4, 0.5) is 4.39 Å². The zero-order valence-electron chi connectivity index (χ0n) is 14.3. The monoisotopic (exact) mass is 358 g/mol. The Morgan fingerprint density at radius 2 is 2.00 bits per heavy atom. The third-order valence-electron chi connectivity index (χ3n) is 4.98. The second kappa shape index (κ2) is 6.09. The van der Waals surface area contributed by atoms with E-state index in [1.807, 2.05) is 4.57 Å². The number of carbonyl (C=O) groups excluding carboxylic acids is 1. The molecular formula is C21H15FN4O. The van der Waals surface area contributed by atoms with Gasteiger partial charge in [0.15, 0.2) is 6.29 Å². The van der Waals surface area contributed by atoms with Crippen LogP contribution >= 0.6 is 0 Å². The van der Waals surface area contributed by atoms with Gasteiger partial charge < -0.3 is 4.57 Å². The molecule has 27 heavy (non-hydrogen) atoms. The van der Waals surface area contributed by atoms with Gasteiger partial charge in [-0.15, -0.1) is 0 Å². The van der Waals surface area contributed by atoms with Crippen molar-refractivity contribution in [2.24, 2.45) is 0 Å². The zero-order valence-corrected chi connectivity index (χ0v) is 14.3. The number of fused-ring (bicyclic) bond motifs is 1. The van der Waals surface area contributed by atoms with Gasteiger partial charge in [-0.25, -0.2) is 14.4 Å². The van der Waals surface area contributed by atoms with Crippen molar-refractivity contribution >= 4 is 17.2 Å². The molecule has 0 aliphatic heterocycles. The number of benzene rings is 1. The Morgan fingerprint density at radius 1 is 1.11 bits per heavy atom. The Kier molecular flexibility index (Phi) is 3.57. The fourth-order valence-corrected chi connectivity index (χ4v) is 3.56. The largest absolute Gasteiger partial charge is 0.314 e. The number of carbonyl (C=O) groups is 1. The van der Waals surface area contributed by atoms with Crippen molar-refractivity contribution in [3.8, 4) is 16.8 Å². The minimum Gasteiger partial charge on any atom is -0.314 e. The highest BCUT2D eigenvalue weighted by atomic mass is 19.1. The first-order valence-electron chi connectivity index (χ1n) is 8.76. The number of pyridine rings is 1. The lowest BCUT2D eigenvalue weighted by atomic mass is 10.0. The molecule has 0 radical (unpaired) electrons. The molecular weight excluding hydrogens is 343 g/mol. The van der Waals surface area contributed by atoms with Crippen LogP contribution in [0.15, 0.2) is 55.4 Å². The van der Waals surface area contributed by atoms with E-state index in [1.54, 1.807) is 36.9 Å². The predicted octanol–water partition coefficient (Wildman–Crippen LogP) is 4.31. The zero-order chi connectivity index (χ0) is 18.4. The molecule has 3 heterocycles. The molecule has 4 aromatic rings. The molecule has 6 heteroatoms. The average Bonchev–Trinajstić information content (AvgIpc) is 3.49. The van der Waals surface area contributed by atoms with Gasteiger partial charge >= 0.3 is 0 Å². The van der Waals surface area contributed by atoms with Crippen molar-refractivity contribution in [3.63, 3.8) is 0 Å². The topological polar surface area (TPSA) is 60.7 Å². The number of halogens is 1. The first-order chi connectivity index (χ1) is 13.3. The van der Waals surface area contributed by atoms with Crippen molar-refractivity contribution in [1.29, 1.82) is 0 Å². The Labute approximate surface area is 154 Å². The van der Waals surface area contributed by atoms with Crippen LogP contribution in [-0.4, -0.2) is 25.8 Å². The summed E-state index contributed by atoms with van der Waals surface area (Å²) in [4.78, 5) is 24.3. The van der Waals surface area contributed by atoms with Gasteiger partial charge in [-0.05, 0) is 37.1 Å². The van der Waals surface area contributed by atoms with Gasteiger partial charge in [-0.2, -0.15) is 0 Å². The van der Waals surface area contributed by atoms with Gasteiger partial charge in [-0.3, -0.25) is 9.78 Å². The van der Waals surface area contributed by atoms with E-state index in [4.69, 9.17) is 0 Å². The minimum atomic E-state index is -0.329. The van der Waals surface area contributed by atoms with E-state index in [2.05, 4.69) is 15.0 Å². The SMILES string of the molecule is O=Cc1cn(-c2ccc(F)cc2-c2cncnc2C2CC2)c2cnccc12. The number of rotatable bonds is 4. The summed E-state index contributed by atoms with van der Waals surface area (Å²) in [5, 5.41) is 0.807. The summed E-state index contributed by atoms with van der Waals surface area (Å²) in [6, 6.07) is 6.44. The fourth-order valence-electron chi connectivity index (χ4n) is 3.56. The third-order valence-corrected chi connectivity index (χ3v) is 4.98. The van der Waals surface area contributed by atoms with Gasteiger partial charge in [0.05, 0.1) is 23.1 Å². The molecule has 0 N–H and O–H groups in total. The molecule has 1 aliphatic carbocycles. The lowest BCUT2D eigenvalue weighted by Gasteiger charge is -2.14. The first-order valence-corrected chi connectivity index (χ1v) is 8.76. The van der Waals surface area contributed by atoms with Crippen LogP contribution in [0.2, 0.25) is 0 Å². The van der Waals surface area contributed by atoms with Crippen LogP contribution in [0.25, 0.3) is 27.7 Å². The maximum absolute atomic E-state index is 14.2. The van der Waals surface area contributed by atoms with E-state index in [0.717, 1.165) is 47.0 Å². The van der Waals surface area contributed by atoms with E-state index in [-0.39, 0.29) is 5.82 Å². The molecule has 1 fully saturated rings. The van der Waals surface area contributed by atoms with Crippen molar-refractivity contribution in [1.82, 2.24) is 19.5 Å². The smallest absolute Gasteiger partial charge is 0.152 e. The Morgan fingerprint density at radius 3 is 2.81 bits per heavy atom. The van der Waals surface area contributed by atoms with E-state index in [1.165, 1.54) is 18.5 Å². The Hall–Kier alpha value is -3.41. The number of hydrogen-bond acceptors (Lipinski definition) is 4. The van der Waals surface area contributed by atoms with Crippen LogP contribution in [-0.2, 0) is 0 Å². The molecule has 0 spiro atoms. The summed E-state index contributed by atoms with van der Waals surface area (Å²) >= 11 is 0. The van der Waals surface area contributed by atoms with Gasteiger partial charge in [-0.1, -0.05) is 0 Å². The van der Waals surface area contributed by atoms with Crippen LogP contribution in [0.3, 0.4) is 0 Å². The van der Waals surface area contributed by atoms with Gasteiger partial charge in [0.25, 0.3) is 0 Å². The molecule has 0 saturated heterocycles. The maximum Gasteiger partial charge on any atom is 0.152 e. The molecule has 5 nitrogen and oxygen atoms in total. The van der Waals surface area contributed by atoms with Crippen LogP contribution in [0.1, 0.15) is 34.8 Å². The molecule has 3 aromatic heterocycles. The number of hydrogen-bond donors (Lipinski definition) is 0. The summed E-state index contributed by atoms with van der Waals surface area (Å²) < 4.78 is 16.0. The van der Waals surface area contributed by atoms with E-state index in [0.29, 0.717) is 17.0 Å². The summed E-state index contributed by atoms with van der Waals surface area (Å²) in [7, 11) is 0. The first kappa shape index (κ1) is 15.8. The van der Waals surface area contributed by atoms with Crippen LogP contribution in [0, 0.1) is 5.82 Å². The molecule has 0 amide bonds. The number of aromatic nitrogens is 4. The molecule has 132 valence electrons. The highest BCUT2D eigenvalue weighted by Gasteiger charge is 2.29. The molecule has 0 atom stereocenters. The van der Waals surface area contributed by atoms with Crippen LogP contribution in [0.5, 0.6) is 0 Å². The standard InChI is InChI=1S/C21H15FN4O/c22-15-3-4-19(26-10-14(11-27)16-5-6-23-9-20(16)26)17(7-15)18-8-24-12-25-21(18)13-1-2-13/h3-13H,1-2H2. The highest BCUT2D eigenvalue weighted by Crippen LogP contribution is 2.44. The second-order valence-electron chi connectivity index (χ2n) is 6.72. The van der Waals surface area contributed by atoms with Crippen molar-refractivity contribution in [2.45, 2.75) is 18.8 Å². The molecule has 1 aromatic carbocycles. The van der Waals surface area contributed by atoms with Crippen molar-refractivity contribution in [2.75, 3.05) is 0 Å². The third kappa shape index (κ3) is 2.61. The normalized spacial score (nSPS) is 13.8. The van der Waals surface area contributed by atoms with Gasteiger partial charge in [0, 0.05) is 46.6 Å². The highest BCUT2D eigenvalue weighted by molar-refractivity contribution is 5.98. The van der Waals surface area contributed by atoms with E-state index >= 15 is 0 Å². The quantitative estimate of drug-likeness (QED) is 0.510. The number of nitrogens with zero attached hydrogens (tertiary/aromatic N) is 4. The molecule has 0 bridgehead atoms.